The van der Waals surface area contributed by atoms with Crippen LogP contribution in [0.4, 0.5) is 0 Å². The molecule has 0 amide bonds. The van der Waals surface area contributed by atoms with Gasteiger partial charge in [0.05, 0.1) is 25.5 Å². The van der Waals surface area contributed by atoms with Crippen LogP contribution in [-0.2, 0) is 22.6 Å². The number of esters is 1. The molecule has 0 bridgehead atoms. The Morgan fingerprint density at radius 3 is 2.95 bits per heavy atom. The summed E-state index contributed by atoms with van der Waals surface area (Å²) >= 11 is 0. The first kappa shape index (κ1) is 13.9. The maximum atomic E-state index is 12.5. The molecule has 0 spiro atoms. The van der Waals surface area contributed by atoms with Crippen molar-refractivity contribution in [2.24, 2.45) is 0 Å². The van der Waals surface area contributed by atoms with Crippen LogP contribution in [0, 0.1) is 12.3 Å². The number of aromatic nitrogens is 1. The largest absolute Gasteiger partial charge is 0.496 e. The standard InChI is InChI=1S/C15H15NO4/c1-4-6-16-13(15(18)19-3)7-11-10(5-2)8-20-9-12(11)14(16)17/h1,7-8H,5-6,9H2,2-3H3. The second-order valence-corrected chi connectivity index (χ2v) is 4.32. The zero-order valence-electron chi connectivity index (χ0n) is 11.4. The van der Waals surface area contributed by atoms with Crippen LogP contribution in [0.5, 0.6) is 0 Å². The maximum absolute atomic E-state index is 12.5. The Bertz CT molecular complexity index is 676. The number of terminal acetylenes is 1. The van der Waals surface area contributed by atoms with Crippen molar-refractivity contribution in [2.75, 3.05) is 7.11 Å². The fourth-order valence-corrected chi connectivity index (χ4v) is 2.20. The summed E-state index contributed by atoms with van der Waals surface area (Å²) in [6, 6.07) is 1.65. The van der Waals surface area contributed by atoms with E-state index in [0.29, 0.717) is 12.0 Å². The van der Waals surface area contributed by atoms with Crippen molar-refractivity contribution < 1.29 is 14.3 Å². The molecular formula is C15H15NO4. The second-order valence-electron chi connectivity index (χ2n) is 4.32. The summed E-state index contributed by atoms with van der Waals surface area (Å²) in [6.07, 6.45) is 7.58. The van der Waals surface area contributed by atoms with Gasteiger partial charge in [0, 0.05) is 0 Å². The average molecular weight is 273 g/mol. The first-order chi connectivity index (χ1) is 9.63. The number of nitrogens with zero attached hydrogens (tertiary/aromatic N) is 1. The lowest BCUT2D eigenvalue weighted by Crippen LogP contribution is -2.31. The van der Waals surface area contributed by atoms with Crippen LogP contribution >= 0.6 is 0 Å². The SMILES string of the molecule is C#CCn1c(C(=O)OC)cc2c(c1=O)COC=C2CC. The highest BCUT2D eigenvalue weighted by molar-refractivity contribution is 5.89. The Labute approximate surface area is 116 Å². The summed E-state index contributed by atoms with van der Waals surface area (Å²) in [5, 5.41) is 0. The van der Waals surface area contributed by atoms with Crippen LogP contribution in [0.25, 0.3) is 5.57 Å². The van der Waals surface area contributed by atoms with Crippen LogP contribution < -0.4 is 5.56 Å². The smallest absolute Gasteiger partial charge is 0.354 e. The number of ether oxygens (including phenoxy) is 2. The van der Waals surface area contributed by atoms with Gasteiger partial charge in [-0.15, -0.1) is 6.42 Å². The minimum absolute atomic E-state index is 0.0156. The van der Waals surface area contributed by atoms with E-state index in [2.05, 4.69) is 5.92 Å². The number of methoxy groups -OCH3 is 1. The predicted octanol–water partition coefficient (Wildman–Crippen LogP) is 1.55. The fraction of sp³-hybridized carbons (Fsp3) is 0.333. The molecule has 20 heavy (non-hydrogen) atoms. The molecule has 0 aliphatic carbocycles. The number of fused-ring (bicyclic) bond motifs is 1. The lowest BCUT2D eigenvalue weighted by Gasteiger charge is -2.20. The van der Waals surface area contributed by atoms with Crippen LogP contribution in [-0.4, -0.2) is 17.6 Å². The van der Waals surface area contributed by atoms with Crippen LogP contribution in [0.2, 0.25) is 0 Å². The van der Waals surface area contributed by atoms with Crippen molar-refractivity contribution in [3.63, 3.8) is 0 Å². The monoisotopic (exact) mass is 273 g/mol. The fourth-order valence-electron chi connectivity index (χ4n) is 2.20. The first-order valence-electron chi connectivity index (χ1n) is 6.23. The molecule has 0 atom stereocenters. The predicted molar refractivity (Wildman–Crippen MR) is 73.9 cm³/mol. The zero-order chi connectivity index (χ0) is 14.7. The number of pyridine rings is 1. The van der Waals surface area contributed by atoms with Gasteiger partial charge in [0.1, 0.15) is 12.3 Å². The van der Waals surface area contributed by atoms with Gasteiger partial charge in [-0.3, -0.25) is 9.36 Å². The van der Waals surface area contributed by atoms with Crippen molar-refractivity contribution in [1.29, 1.82) is 0 Å². The lowest BCUT2D eigenvalue weighted by atomic mass is 9.98. The summed E-state index contributed by atoms with van der Waals surface area (Å²) in [5.74, 6) is 1.79. The van der Waals surface area contributed by atoms with Gasteiger partial charge < -0.3 is 9.47 Å². The third-order valence-corrected chi connectivity index (χ3v) is 3.22. The van der Waals surface area contributed by atoms with E-state index in [4.69, 9.17) is 15.9 Å². The summed E-state index contributed by atoms with van der Waals surface area (Å²) in [4.78, 5) is 24.3. The van der Waals surface area contributed by atoms with Gasteiger partial charge in [-0.2, -0.15) is 0 Å². The molecule has 0 fully saturated rings. The van der Waals surface area contributed by atoms with Crippen molar-refractivity contribution in [3.8, 4) is 12.3 Å². The highest BCUT2D eigenvalue weighted by Gasteiger charge is 2.23. The van der Waals surface area contributed by atoms with Gasteiger partial charge in [-0.1, -0.05) is 12.8 Å². The summed E-state index contributed by atoms with van der Waals surface area (Å²) < 4.78 is 11.3. The molecule has 1 aliphatic rings. The minimum Gasteiger partial charge on any atom is -0.496 e. The van der Waals surface area contributed by atoms with E-state index in [1.54, 1.807) is 12.3 Å². The third-order valence-electron chi connectivity index (χ3n) is 3.22. The van der Waals surface area contributed by atoms with Gasteiger partial charge >= 0.3 is 5.97 Å². The number of hydrogen-bond donors (Lipinski definition) is 0. The molecule has 0 N–H and O–H groups in total. The summed E-state index contributed by atoms with van der Waals surface area (Å²) in [6.45, 7) is 2.15. The quantitative estimate of drug-likeness (QED) is 0.619. The Hall–Kier alpha value is -2.48. The van der Waals surface area contributed by atoms with Crippen molar-refractivity contribution in [2.45, 2.75) is 26.5 Å². The van der Waals surface area contributed by atoms with Crippen LogP contribution in [0.15, 0.2) is 17.1 Å². The molecule has 5 nitrogen and oxygen atoms in total. The van der Waals surface area contributed by atoms with Crippen LogP contribution in [0.1, 0.15) is 35.0 Å². The Morgan fingerprint density at radius 2 is 2.35 bits per heavy atom. The molecule has 0 aromatic carbocycles. The molecule has 1 aromatic rings. The number of allylic oxidation sites excluding steroid dienone is 1. The molecule has 2 heterocycles. The number of rotatable bonds is 3. The molecular weight excluding hydrogens is 258 g/mol. The molecule has 5 heteroatoms. The van der Waals surface area contributed by atoms with Gasteiger partial charge in [0.15, 0.2) is 0 Å². The molecule has 0 saturated carbocycles. The summed E-state index contributed by atoms with van der Waals surface area (Å²) in [5.41, 5.74) is 1.99. The molecule has 1 aliphatic heterocycles. The van der Waals surface area contributed by atoms with Gasteiger partial charge in [-0.25, -0.2) is 4.79 Å². The third kappa shape index (κ3) is 2.21. The van der Waals surface area contributed by atoms with Crippen molar-refractivity contribution in [1.82, 2.24) is 4.57 Å². The zero-order valence-corrected chi connectivity index (χ0v) is 11.4. The summed E-state index contributed by atoms with van der Waals surface area (Å²) in [7, 11) is 1.27. The van der Waals surface area contributed by atoms with E-state index in [-0.39, 0.29) is 24.4 Å². The highest BCUT2D eigenvalue weighted by Crippen LogP contribution is 2.26. The van der Waals surface area contributed by atoms with Gasteiger partial charge in [-0.05, 0) is 23.6 Å². The Balaban J connectivity index is 2.74. The van der Waals surface area contributed by atoms with Crippen molar-refractivity contribution >= 4 is 11.5 Å². The molecule has 104 valence electrons. The van der Waals surface area contributed by atoms with Crippen molar-refractivity contribution in [3.05, 3.63) is 39.5 Å². The number of hydrogen-bond acceptors (Lipinski definition) is 4. The number of carbonyl (C=O) groups excluding carboxylic acids is 1. The highest BCUT2D eigenvalue weighted by atomic mass is 16.5. The van der Waals surface area contributed by atoms with Gasteiger partial charge in [0.25, 0.3) is 5.56 Å². The normalized spacial score (nSPS) is 12.8. The molecule has 1 aromatic heterocycles. The average Bonchev–Trinajstić information content (AvgIpc) is 2.48. The van der Waals surface area contributed by atoms with E-state index in [1.165, 1.54) is 11.7 Å². The molecule has 0 radical (unpaired) electrons. The van der Waals surface area contributed by atoms with E-state index in [0.717, 1.165) is 11.1 Å². The van der Waals surface area contributed by atoms with E-state index >= 15 is 0 Å². The topological polar surface area (TPSA) is 57.5 Å². The Kier molecular flexibility index (Phi) is 3.94. The van der Waals surface area contributed by atoms with Gasteiger partial charge in [0.2, 0.25) is 0 Å². The number of carbonyl (C=O) groups is 1. The molecule has 0 unspecified atom stereocenters. The first-order valence-corrected chi connectivity index (χ1v) is 6.23. The van der Waals surface area contributed by atoms with E-state index < -0.39 is 5.97 Å². The second kappa shape index (κ2) is 5.66. The lowest BCUT2D eigenvalue weighted by molar-refractivity contribution is 0.0587. The molecule has 0 saturated heterocycles. The van der Waals surface area contributed by atoms with E-state index in [9.17, 15) is 9.59 Å². The Morgan fingerprint density at radius 1 is 1.60 bits per heavy atom. The minimum atomic E-state index is -0.581. The maximum Gasteiger partial charge on any atom is 0.354 e. The van der Waals surface area contributed by atoms with E-state index in [1.807, 2.05) is 6.92 Å². The molecule has 2 rings (SSSR count). The van der Waals surface area contributed by atoms with Crippen LogP contribution in [0.3, 0.4) is 0 Å².